The van der Waals surface area contributed by atoms with E-state index < -0.39 is 0 Å². The monoisotopic (exact) mass is 436 g/mol. The van der Waals surface area contributed by atoms with Crippen LogP contribution in [-0.4, -0.2) is 49.9 Å². The first-order valence-corrected chi connectivity index (χ1v) is 10.9. The molecule has 0 radical (unpaired) electrons. The van der Waals surface area contributed by atoms with Gasteiger partial charge in [-0.15, -0.1) is 5.10 Å². The van der Waals surface area contributed by atoms with E-state index in [1.54, 1.807) is 36.7 Å². The van der Waals surface area contributed by atoms with Gasteiger partial charge in [0.1, 0.15) is 17.6 Å². The number of halogens is 1. The Hall–Kier alpha value is -3.17. The van der Waals surface area contributed by atoms with E-state index in [9.17, 15) is 9.18 Å². The van der Waals surface area contributed by atoms with Gasteiger partial charge < -0.3 is 10.1 Å². The molecule has 0 aliphatic carbocycles. The van der Waals surface area contributed by atoms with Crippen LogP contribution >= 0.6 is 0 Å². The number of likely N-dealkylation sites (tertiary alicyclic amines) is 1. The maximum Gasteiger partial charge on any atom is 0.253 e. The Morgan fingerprint density at radius 3 is 2.75 bits per heavy atom. The van der Waals surface area contributed by atoms with Crippen molar-refractivity contribution >= 4 is 5.91 Å². The lowest BCUT2D eigenvalue weighted by Gasteiger charge is -2.32. The van der Waals surface area contributed by atoms with Crippen LogP contribution in [0.5, 0.6) is 0 Å². The standard InChI is InChI=1S/C23H25FN6O2/c24-18-5-3-16(4-6-18)22-14-30-21(15-32-22)20(27-28-30)13-29-10-7-19(8-11-29)26-23(31)17-2-1-9-25-12-17/h1-6,9,12,19,22H,7-8,10-11,13-15H2,(H,26,31)/t22-/m0/s1. The minimum absolute atomic E-state index is 0.0724. The molecule has 166 valence electrons. The lowest BCUT2D eigenvalue weighted by Crippen LogP contribution is -2.44. The van der Waals surface area contributed by atoms with Crippen LogP contribution in [0.1, 0.15) is 46.3 Å². The Morgan fingerprint density at radius 2 is 2.00 bits per heavy atom. The average molecular weight is 436 g/mol. The number of pyridine rings is 1. The number of nitrogens with one attached hydrogen (secondary N) is 1. The number of hydrogen-bond acceptors (Lipinski definition) is 6. The second kappa shape index (κ2) is 9.13. The number of amides is 1. The molecule has 1 atom stereocenters. The number of rotatable bonds is 5. The average Bonchev–Trinajstić information content (AvgIpc) is 3.23. The van der Waals surface area contributed by atoms with Gasteiger partial charge in [-0.3, -0.25) is 14.7 Å². The van der Waals surface area contributed by atoms with E-state index in [4.69, 9.17) is 4.74 Å². The number of hydrogen-bond donors (Lipinski definition) is 1. The highest BCUT2D eigenvalue weighted by Gasteiger charge is 2.27. The molecule has 1 saturated heterocycles. The fourth-order valence-electron chi connectivity index (χ4n) is 4.28. The molecule has 0 unspecified atom stereocenters. The van der Waals surface area contributed by atoms with E-state index in [1.165, 1.54) is 12.1 Å². The molecule has 1 amide bonds. The Bertz CT molecular complexity index is 1060. The summed E-state index contributed by atoms with van der Waals surface area (Å²) in [6.45, 7) is 3.47. The summed E-state index contributed by atoms with van der Waals surface area (Å²) in [4.78, 5) is 18.7. The predicted octanol–water partition coefficient (Wildman–Crippen LogP) is 2.48. The summed E-state index contributed by atoms with van der Waals surface area (Å²) < 4.78 is 21.1. The third-order valence-electron chi connectivity index (χ3n) is 6.14. The van der Waals surface area contributed by atoms with Gasteiger partial charge in [-0.2, -0.15) is 0 Å². The summed E-state index contributed by atoms with van der Waals surface area (Å²) >= 11 is 0. The molecule has 2 aromatic heterocycles. The van der Waals surface area contributed by atoms with E-state index >= 15 is 0 Å². The summed E-state index contributed by atoms with van der Waals surface area (Å²) in [5.41, 5.74) is 3.45. The molecule has 3 aromatic rings. The van der Waals surface area contributed by atoms with Crippen LogP contribution in [0.2, 0.25) is 0 Å². The zero-order chi connectivity index (χ0) is 21.9. The zero-order valence-corrected chi connectivity index (χ0v) is 17.7. The molecule has 1 N–H and O–H groups in total. The molecule has 1 fully saturated rings. The van der Waals surface area contributed by atoms with E-state index in [0.29, 0.717) is 25.3 Å². The van der Waals surface area contributed by atoms with Crippen LogP contribution < -0.4 is 5.32 Å². The van der Waals surface area contributed by atoms with Crippen LogP contribution in [0.4, 0.5) is 4.39 Å². The SMILES string of the molecule is O=C(NC1CCN(Cc2nnn3c2CO[C@H](c2ccc(F)cc2)C3)CC1)c1cccnc1. The summed E-state index contributed by atoms with van der Waals surface area (Å²) in [7, 11) is 0. The Balaban J connectivity index is 1.14. The Kier molecular flexibility index (Phi) is 5.91. The summed E-state index contributed by atoms with van der Waals surface area (Å²) in [6.07, 6.45) is 4.86. The third kappa shape index (κ3) is 4.53. The highest BCUT2D eigenvalue weighted by molar-refractivity contribution is 5.94. The first kappa shape index (κ1) is 20.7. The topological polar surface area (TPSA) is 85.2 Å². The number of carbonyl (C=O) groups is 1. The highest BCUT2D eigenvalue weighted by Crippen LogP contribution is 2.27. The van der Waals surface area contributed by atoms with Crippen LogP contribution in [-0.2, 0) is 24.4 Å². The molecule has 9 heteroatoms. The van der Waals surface area contributed by atoms with Crippen molar-refractivity contribution in [1.29, 1.82) is 0 Å². The maximum absolute atomic E-state index is 13.2. The van der Waals surface area contributed by atoms with E-state index in [2.05, 4.69) is 25.5 Å². The second-order valence-electron chi connectivity index (χ2n) is 8.28. The van der Waals surface area contributed by atoms with Gasteiger partial charge in [-0.05, 0) is 42.7 Å². The van der Waals surface area contributed by atoms with Gasteiger partial charge in [0.2, 0.25) is 0 Å². The fourth-order valence-corrected chi connectivity index (χ4v) is 4.28. The van der Waals surface area contributed by atoms with Gasteiger partial charge in [0.25, 0.3) is 5.91 Å². The van der Waals surface area contributed by atoms with Gasteiger partial charge in [0.05, 0.1) is 24.4 Å². The number of fused-ring (bicyclic) bond motifs is 1. The van der Waals surface area contributed by atoms with Crippen molar-refractivity contribution in [1.82, 2.24) is 30.2 Å². The number of aromatic nitrogens is 4. The highest BCUT2D eigenvalue weighted by atomic mass is 19.1. The molecular weight excluding hydrogens is 411 g/mol. The number of piperidine rings is 1. The number of carbonyl (C=O) groups excluding carboxylic acids is 1. The van der Waals surface area contributed by atoms with Crippen molar-refractivity contribution in [2.45, 2.75) is 44.7 Å². The van der Waals surface area contributed by atoms with Crippen LogP contribution in [0.25, 0.3) is 0 Å². The molecule has 1 aromatic carbocycles. The molecule has 32 heavy (non-hydrogen) atoms. The lowest BCUT2D eigenvalue weighted by atomic mass is 10.0. The Morgan fingerprint density at radius 1 is 1.19 bits per heavy atom. The van der Waals surface area contributed by atoms with Crippen molar-refractivity contribution < 1.29 is 13.9 Å². The van der Waals surface area contributed by atoms with E-state index in [1.807, 2.05) is 4.68 Å². The van der Waals surface area contributed by atoms with Gasteiger partial charge in [0, 0.05) is 38.1 Å². The largest absolute Gasteiger partial charge is 0.365 e. The second-order valence-corrected chi connectivity index (χ2v) is 8.28. The van der Waals surface area contributed by atoms with Crippen molar-refractivity contribution in [3.63, 3.8) is 0 Å². The van der Waals surface area contributed by atoms with Crippen molar-refractivity contribution in [3.05, 3.63) is 77.1 Å². The molecular formula is C23H25FN6O2. The minimum atomic E-state index is -0.256. The summed E-state index contributed by atoms with van der Waals surface area (Å²) in [6, 6.07) is 10.1. The molecule has 8 nitrogen and oxygen atoms in total. The summed E-state index contributed by atoms with van der Waals surface area (Å²) in [5, 5.41) is 11.8. The van der Waals surface area contributed by atoms with Gasteiger partial charge in [-0.1, -0.05) is 17.3 Å². The number of ether oxygens (including phenoxy) is 1. The number of nitrogens with zero attached hydrogens (tertiary/aromatic N) is 5. The van der Waals surface area contributed by atoms with Gasteiger partial charge >= 0.3 is 0 Å². The van der Waals surface area contributed by atoms with Crippen molar-refractivity contribution in [2.24, 2.45) is 0 Å². The van der Waals surface area contributed by atoms with Crippen LogP contribution in [0, 0.1) is 5.82 Å². The number of benzene rings is 1. The van der Waals surface area contributed by atoms with Gasteiger partial charge in [-0.25, -0.2) is 9.07 Å². The molecule has 4 heterocycles. The molecule has 2 aliphatic heterocycles. The molecule has 0 spiro atoms. The first-order chi connectivity index (χ1) is 15.7. The predicted molar refractivity (Wildman–Crippen MR) is 114 cm³/mol. The van der Waals surface area contributed by atoms with Crippen LogP contribution in [0.15, 0.2) is 48.8 Å². The Labute approximate surface area is 185 Å². The van der Waals surface area contributed by atoms with Crippen LogP contribution in [0.3, 0.4) is 0 Å². The van der Waals surface area contributed by atoms with E-state index in [0.717, 1.165) is 42.9 Å². The zero-order valence-electron chi connectivity index (χ0n) is 17.7. The fraction of sp³-hybridized carbons (Fsp3) is 0.391. The molecule has 2 aliphatic rings. The first-order valence-electron chi connectivity index (χ1n) is 10.9. The summed E-state index contributed by atoms with van der Waals surface area (Å²) in [5.74, 6) is -0.328. The van der Waals surface area contributed by atoms with Gasteiger partial charge in [0.15, 0.2) is 0 Å². The molecule has 0 saturated carbocycles. The minimum Gasteiger partial charge on any atom is -0.365 e. The lowest BCUT2D eigenvalue weighted by molar-refractivity contribution is -0.00220. The maximum atomic E-state index is 13.2. The smallest absolute Gasteiger partial charge is 0.253 e. The quantitative estimate of drug-likeness (QED) is 0.662. The third-order valence-corrected chi connectivity index (χ3v) is 6.14. The van der Waals surface area contributed by atoms with Crippen molar-refractivity contribution in [2.75, 3.05) is 13.1 Å². The molecule has 0 bridgehead atoms. The normalized spacial score (nSPS) is 19.5. The molecule has 5 rings (SSSR count). The van der Waals surface area contributed by atoms with Crippen molar-refractivity contribution in [3.8, 4) is 0 Å². The van der Waals surface area contributed by atoms with E-state index in [-0.39, 0.29) is 23.9 Å².